The number of urea groups is 1. The number of benzene rings is 2. The second kappa shape index (κ2) is 6.05. The third-order valence-corrected chi connectivity index (χ3v) is 4.75. The standard InChI is InChI=1S/C20H14FN5O2/c21-12-1-3-13(4-2-12)23-20(28)24-14-5-6-15-11(9-14)10-16-17(15)25-19(27)18-22-7-8-26(16)18/h1-9H,10H2,(H,25,27)(H2,23,24,28). The van der Waals surface area contributed by atoms with Gasteiger partial charge in [0.2, 0.25) is 5.65 Å². The van der Waals surface area contributed by atoms with Crippen molar-refractivity contribution < 1.29 is 9.18 Å². The van der Waals surface area contributed by atoms with Crippen molar-refractivity contribution in [1.82, 2.24) is 14.4 Å². The zero-order valence-corrected chi connectivity index (χ0v) is 14.5. The normalized spacial score (nSPS) is 11.9. The number of imidazole rings is 1. The fourth-order valence-corrected chi connectivity index (χ4v) is 3.52. The van der Waals surface area contributed by atoms with Crippen LogP contribution in [0, 0.1) is 5.82 Å². The lowest BCUT2D eigenvalue weighted by Gasteiger charge is -2.09. The van der Waals surface area contributed by atoms with Crippen molar-refractivity contribution in [2.75, 3.05) is 10.6 Å². The SMILES string of the molecule is O=C(Nc1ccc(F)cc1)Nc1ccc2c(c1)Cc1c-2[nH]c(=O)c2nccn12. The summed E-state index contributed by atoms with van der Waals surface area (Å²) >= 11 is 0. The Morgan fingerprint density at radius 2 is 1.86 bits per heavy atom. The van der Waals surface area contributed by atoms with E-state index in [2.05, 4.69) is 20.6 Å². The molecule has 1 aliphatic carbocycles. The maximum Gasteiger partial charge on any atom is 0.323 e. The lowest BCUT2D eigenvalue weighted by atomic mass is 10.1. The summed E-state index contributed by atoms with van der Waals surface area (Å²) in [7, 11) is 0. The molecule has 0 bridgehead atoms. The van der Waals surface area contributed by atoms with Crippen LogP contribution in [-0.4, -0.2) is 20.4 Å². The van der Waals surface area contributed by atoms with E-state index < -0.39 is 6.03 Å². The number of anilines is 2. The number of nitrogens with one attached hydrogen (secondary N) is 3. The molecule has 3 N–H and O–H groups in total. The molecule has 138 valence electrons. The van der Waals surface area contributed by atoms with Crippen LogP contribution < -0.4 is 16.2 Å². The molecule has 4 aromatic rings. The molecule has 0 saturated carbocycles. The van der Waals surface area contributed by atoms with E-state index in [0.29, 0.717) is 23.4 Å². The van der Waals surface area contributed by atoms with Gasteiger partial charge in [-0.1, -0.05) is 6.07 Å². The Hall–Kier alpha value is -3.94. The average Bonchev–Trinajstić information content (AvgIpc) is 3.29. The van der Waals surface area contributed by atoms with Gasteiger partial charge in [-0.25, -0.2) is 14.2 Å². The smallest absolute Gasteiger partial charge is 0.317 e. The lowest BCUT2D eigenvalue weighted by Crippen LogP contribution is -2.19. The first-order valence-electron chi connectivity index (χ1n) is 8.63. The van der Waals surface area contributed by atoms with Gasteiger partial charge in [0, 0.05) is 35.8 Å². The number of carbonyl (C=O) groups excluding carboxylic acids is 1. The third-order valence-electron chi connectivity index (χ3n) is 4.75. The summed E-state index contributed by atoms with van der Waals surface area (Å²) in [5.74, 6) is -0.366. The second-order valence-electron chi connectivity index (χ2n) is 6.53. The van der Waals surface area contributed by atoms with Crippen molar-refractivity contribution in [3.63, 3.8) is 0 Å². The highest BCUT2D eigenvalue weighted by atomic mass is 19.1. The number of halogens is 1. The highest BCUT2D eigenvalue weighted by molar-refractivity contribution is 6.00. The van der Waals surface area contributed by atoms with Gasteiger partial charge >= 0.3 is 6.03 Å². The molecule has 2 amide bonds. The minimum atomic E-state index is -0.424. The largest absolute Gasteiger partial charge is 0.323 e. The van der Waals surface area contributed by atoms with Crippen LogP contribution in [0.4, 0.5) is 20.6 Å². The van der Waals surface area contributed by atoms with Crippen molar-refractivity contribution in [1.29, 1.82) is 0 Å². The molecule has 2 heterocycles. The van der Waals surface area contributed by atoms with E-state index in [1.54, 1.807) is 22.9 Å². The predicted octanol–water partition coefficient (Wildman–Crippen LogP) is 3.38. The van der Waals surface area contributed by atoms with Crippen LogP contribution in [0.1, 0.15) is 11.3 Å². The van der Waals surface area contributed by atoms with E-state index in [1.807, 2.05) is 12.1 Å². The minimum absolute atomic E-state index is 0.238. The minimum Gasteiger partial charge on any atom is -0.317 e. The number of H-pyrrole nitrogens is 1. The van der Waals surface area contributed by atoms with E-state index in [0.717, 1.165) is 22.5 Å². The van der Waals surface area contributed by atoms with E-state index in [1.165, 1.54) is 24.3 Å². The van der Waals surface area contributed by atoms with Gasteiger partial charge in [0.15, 0.2) is 0 Å². The molecular weight excluding hydrogens is 361 g/mol. The van der Waals surface area contributed by atoms with E-state index in [-0.39, 0.29) is 11.4 Å². The van der Waals surface area contributed by atoms with Gasteiger partial charge < -0.3 is 15.6 Å². The molecule has 0 unspecified atom stereocenters. The van der Waals surface area contributed by atoms with Crippen LogP contribution in [0.3, 0.4) is 0 Å². The summed E-state index contributed by atoms with van der Waals surface area (Å²) in [5, 5.41) is 5.42. The molecular formula is C20H14FN5O2. The number of hydrogen-bond acceptors (Lipinski definition) is 3. The predicted molar refractivity (Wildman–Crippen MR) is 103 cm³/mol. The first-order valence-corrected chi connectivity index (χ1v) is 8.63. The van der Waals surface area contributed by atoms with Gasteiger partial charge in [-0.05, 0) is 42.0 Å². The van der Waals surface area contributed by atoms with Crippen molar-refractivity contribution >= 4 is 23.1 Å². The molecule has 0 radical (unpaired) electrons. The Morgan fingerprint density at radius 3 is 2.68 bits per heavy atom. The maximum atomic E-state index is 13.0. The zero-order valence-electron chi connectivity index (χ0n) is 14.5. The first-order chi connectivity index (χ1) is 13.6. The molecule has 0 aliphatic heterocycles. The summed E-state index contributed by atoms with van der Waals surface area (Å²) in [6.07, 6.45) is 3.98. The van der Waals surface area contributed by atoms with E-state index in [4.69, 9.17) is 0 Å². The highest BCUT2D eigenvalue weighted by Crippen LogP contribution is 2.35. The Kier molecular flexibility index (Phi) is 3.51. The topological polar surface area (TPSA) is 91.3 Å². The number of fused-ring (bicyclic) bond motifs is 5. The van der Waals surface area contributed by atoms with Gasteiger partial charge in [0.05, 0.1) is 11.4 Å². The first kappa shape index (κ1) is 16.2. The van der Waals surface area contributed by atoms with Crippen LogP contribution in [0.5, 0.6) is 0 Å². The van der Waals surface area contributed by atoms with Crippen LogP contribution in [0.15, 0.2) is 59.7 Å². The third kappa shape index (κ3) is 2.62. The second-order valence-corrected chi connectivity index (χ2v) is 6.53. The molecule has 7 nitrogen and oxygen atoms in total. The van der Waals surface area contributed by atoms with Crippen molar-refractivity contribution in [2.45, 2.75) is 6.42 Å². The number of aromatic amines is 1. The van der Waals surface area contributed by atoms with Gasteiger partial charge in [-0.2, -0.15) is 0 Å². The summed E-state index contributed by atoms with van der Waals surface area (Å²) in [6.45, 7) is 0. The monoisotopic (exact) mass is 375 g/mol. The number of nitrogens with zero attached hydrogens (tertiary/aromatic N) is 2. The Morgan fingerprint density at radius 1 is 1.11 bits per heavy atom. The maximum absolute atomic E-state index is 13.0. The van der Waals surface area contributed by atoms with Crippen molar-refractivity contribution in [3.05, 3.63) is 82.3 Å². The van der Waals surface area contributed by atoms with Gasteiger partial charge in [0.25, 0.3) is 5.56 Å². The molecule has 0 saturated heterocycles. The Bertz CT molecular complexity index is 1290. The number of hydrogen-bond donors (Lipinski definition) is 3. The molecule has 0 spiro atoms. The molecule has 0 fully saturated rings. The molecule has 0 atom stereocenters. The highest BCUT2D eigenvalue weighted by Gasteiger charge is 2.23. The van der Waals surface area contributed by atoms with Crippen LogP contribution in [-0.2, 0) is 6.42 Å². The Balaban J connectivity index is 1.41. The molecule has 8 heteroatoms. The zero-order chi connectivity index (χ0) is 19.3. The van der Waals surface area contributed by atoms with Gasteiger partial charge in [-0.3, -0.25) is 9.20 Å². The molecule has 2 aromatic heterocycles. The fourth-order valence-electron chi connectivity index (χ4n) is 3.52. The number of rotatable bonds is 2. The van der Waals surface area contributed by atoms with E-state index in [9.17, 15) is 14.0 Å². The average molecular weight is 375 g/mol. The van der Waals surface area contributed by atoms with Crippen LogP contribution in [0.2, 0.25) is 0 Å². The summed E-state index contributed by atoms with van der Waals surface area (Å²) in [6, 6.07) is 10.6. The molecule has 2 aromatic carbocycles. The number of aromatic nitrogens is 3. The molecule has 1 aliphatic rings. The van der Waals surface area contributed by atoms with Crippen molar-refractivity contribution in [2.24, 2.45) is 0 Å². The fraction of sp³-hybridized carbons (Fsp3) is 0.0500. The van der Waals surface area contributed by atoms with E-state index >= 15 is 0 Å². The summed E-state index contributed by atoms with van der Waals surface area (Å²) < 4.78 is 14.8. The number of carbonyl (C=O) groups is 1. The lowest BCUT2D eigenvalue weighted by molar-refractivity contribution is 0.262. The van der Waals surface area contributed by atoms with Crippen molar-refractivity contribution in [3.8, 4) is 11.3 Å². The number of amides is 2. The summed E-state index contributed by atoms with van der Waals surface area (Å²) in [4.78, 5) is 31.4. The van der Waals surface area contributed by atoms with Gasteiger partial charge in [0.1, 0.15) is 5.82 Å². The molecule has 28 heavy (non-hydrogen) atoms. The summed E-state index contributed by atoms with van der Waals surface area (Å²) in [5.41, 5.74) is 4.88. The van der Waals surface area contributed by atoms with Gasteiger partial charge in [-0.15, -0.1) is 0 Å². The quantitative estimate of drug-likeness (QED) is 0.442. The Labute approximate surface area is 157 Å². The molecule has 5 rings (SSSR count). The van der Waals surface area contributed by atoms with Crippen LogP contribution >= 0.6 is 0 Å². The van der Waals surface area contributed by atoms with Crippen LogP contribution in [0.25, 0.3) is 16.9 Å².